The third kappa shape index (κ3) is 7.62. The molecule has 0 saturated carbocycles. The largest absolute Gasteiger partial charge is 0.346 e. The average molecular weight is 368 g/mol. The minimum absolute atomic E-state index is 0. The van der Waals surface area contributed by atoms with Crippen molar-refractivity contribution >= 4 is 41.7 Å². The summed E-state index contributed by atoms with van der Waals surface area (Å²) in [6.07, 6.45) is 0. The Morgan fingerprint density at radius 1 is 1.26 bits per heavy atom. The van der Waals surface area contributed by atoms with E-state index >= 15 is 0 Å². The minimum atomic E-state index is -2.58. The first-order valence-electron chi connectivity index (χ1n) is 6.68. The molecule has 1 atom stereocenters. The molecular weight excluding hydrogens is 348 g/mol. The van der Waals surface area contributed by atoms with Crippen molar-refractivity contribution in [1.82, 2.24) is 5.32 Å². The van der Waals surface area contributed by atoms with E-state index in [1.165, 1.54) is 12.1 Å². The number of alkyl halides is 2. The lowest BCUT2D eigenvalue weighted by atomic mass is 10.1. The van der Waals surface area contributed by atoms with Gasteiger partial charge in [0.25, 0.3) is 5.76 Å². The van der Waals surface area contributed by atoms with Crippen LogP contribution in [0, 0.1) is 5.92 Å². The van der Waals surface area contributed by atoms with Gasteiger partial charge < -0.3 is 16.4 Å². The number of carbonyl (C=O) groups excluding carboxylic acids is 2. The third-order valence-corrected chi connectivity index (χ3v) is 3.61. The van der Waals surface area contributed by atoms with Crippen LogP contribution in [0.25, 0.3) is 0 Å². The topological polar surface area (TPSA) is 84.2 Å². The number of halogens is 3. The van der Waals surface area contributed by atoms with E-state index in [2.05, 4.69) is 10.6 Å². The highest BCUT2D eigenvalue weighted by Gasteiger charge is 2.18. The highest BCUT2D eigenvalue weighted by molar-refractivity contribution is 7.99. The molecule has 0 spiro atoms. The van der Waals surface area contributed by atoms with Crippen LogP contribution in [-0.2, 0) is 9.59 Å². The Kier molecular flexibility index (Phi) is 9.78. The molecule has 5 nitrogen and oxygen atoms in total. The van der Waals surface area contributed by atoms with Gasteiger partial charge in [-0.3, -0.25) is 9.59 Å². The van der Waals surface area contributed by atoms with Crippen molar-refractivity contribution < 1.29 is 18.4 Å². The second-order valence-electron chi connectivity index (χ2n) is 4.91. The number of thioether (sulfide) groups is 1. The quantitative estimate of drug-likeness (QED) is 0.646. The van der Waals surface area contributed by atoms with Gasteiger partial charge in [0.1, 0.15) is 0 Å². The first-order chi connectivity index (χ1) is 10.3. The summed E-state index contributed by atoms with van der Waals surface area (Å²) in [4.78, 5) is 23.7. The number of nitrogens with one attached hydrogen (secondary N) is 2. The summed E-state index contributed by atoms with van der Waals surface area (Å²) in [6.45, 7) is 3.32. The van der Waals surface area contributed by atoms with Crippen molar-refractivity contribution in [1.29, 1.82) is 0 Å². The monoisotopic (exact) mass is 367 g/mol. The molecule has 0 aliphatic carbocycles. The van der Waals surface area contributed by atoms with E-state index in [0.717, 1.165) is 0 Å². The van der Waals surface area contributed by atoms with Crippen LogP contribution in [0.15, 0.2) is 29.2 Å². The summed E-state index contributed by atoms with van der Waals surface area (Å²) in [6, 6.07) is 5.53. The van der Waals surface area contributed by atoms with Gasteiger partial charge in [-0.2, -0.15) is 8.78 Å². The van der Waals surface area contributed by atoms with Crippen molar-refractivity contribution in [2.24, 2.45) is 11.7 Å². The van der Waals surface area contributed by atoms with E-state index < -0.39 is 23.6 Å². The van der Waals surface area contributed by atoms with E-state index in [9.17, 15) is 18.4 Å². The predicted octanol–water partition coefficient (Wildman–Crippen LogP) is 2.46. The number of hydrogen-bond donors (Lipinski definition) is 3. The Morgan fingerprint density at radius 2 is 1.87 bits per heavy atom. The lowest BCUT2D eigenvalue weighted by Gasteiger charge is -2.15. The number of anilines is 1. The van der Waals surface area contributed by atoms with Gasteiger partial charge in [0, 0.05) is 4.90 Å². The normalized spacial score (nSPS) is 11.8. The molecule has 0 aliphatic rings. The number of benzene rings is 1. The standard InChI is InChI=1S/C14H19F2N3O2S.ClH/c1-8(2)12(17)13(21)18-7-11(20)19-9-5-3-4-6-10(9)22-14(15)16;/h3-6,8,12,14H,7,17H2,1-2H3,(H,18,21)(H,19,20);1H/t12-;/m0./s1. The Hall–Kier alpha value is -1.38. The minimum Gasteiger partial charge on any atom is -0.346 e. The lowest BCUT2D eigenvalue weighted by molar-refractivity contribution is -0.125. The second-order valence-corrected chi connectivity index (χ2v) is 5.94. The first-order valence-corrected chi connectivity index (χ1v) is 7.56. The zero-order valence-corrected chi connectivity index (χ0v) is 14.3. The van der Waals surface area contributed by atoms with E-state index in [-0.39, 0.29) is 35.5 Å². The Balaban J connectivity index is 0.00000484. The molecule has 0 radical (unpaired) electrons. The van der Waals surface area contributed by atoms with Crippen LogP contribution in [0.2, 0.25) is 0 Å². The van der Waals surface area contributed by atoms with Gasteiger partial charge in [0.05, 0.1) is 18.3 Å². The molecule has 0 unspecified atom stereocenters. The van der Waals surface area contributed by atoms with Gasteiger partial charge in [-0.05, 0) is 18.1 Å². The summed E-state index contributed by atoms with van der Waals surface area (Å²) in [5.41, 5.74) is 5.93. The van der Waals surface area contributed by atoms with Gasteiger partial charge in [-0.1, -0.05) is 37.7 Å². The Morgan fingerprint density at radius 3 is 2.43 bits per heavy atom. The van der Waals surface area contributed by atoms with Crippen LogP contribution >= 0.6 is 24.2 Å². The molecule has 130 valence electrons. The fraction of sp³-hybridized carbons (Fsp3) is 0.429. The van der Waals surface area contributed by atoms with E-state index in [4.69, 9.17) is 5.73 Å². The number of carbonyl (C=O) groups is 2. The van der Waals surface area contributed by atoms with Gasteiger partial charge in [-0.25, -0.2) is 0 Å². The van der Waals surface area contributed by atoms with E-state index in [0.29, 0.717) is 11.8 Å². The van der Waals surface area contributed by atoms with Crippen LogP contribution in [0.5, 0.6) is 0 Å². The van der Waals surface area contributed by atoms with Crippen LogP contribution < -0.4 is 16.4 Å². The molecule has 0 heterocycles. The fourth-order valence-corrected chi connectivity index (χ4v) is 2.15. The smallest absolute Gasteiger partial charge is 0.288 e. The molecular formula is C14H20ClF2N3O2S. The zero-order chi connectivity index (χ0) is 16.7. The SMILES string of the molecule is CC(C)[C@H](N)C(=O)NCC(=O)Nc1ccccc1SC(F)F.Cl. The Bertz CT molecular complexity index is 532. The van der Waals surface area contributed by atoms with Crippen LogP contribution in [0.4, 0.5) is 14.5 Å². The summed E-state index contributed by atoms with van der Waals surface area (Å²) >= 11 is 0.345. The summed E-state index contributed by atoms with van der Waals surface area (Å²) in [7, 11) is 0. The van der Waals surface area contributed by atoms with Crippen LogP contribution in [-0.4, -0.2) is 30.2 Å². The highest BCUT2D eigenvalue weighted by atomic mass is 35.5. The van der Waals surface area contributed by atoms with Crippen LogP contribution in [0.1, 0.15) is 13.8 Å². The maximum Gasteiger partial charge on any atom is 0.288 e. The summed E-state index contributed by atoms with van der Waals surface area (Å²) in [5.74, 6) is -3.57. The first kappa shape index (κ1) is 21.6. The summed E-state index contributed by atoms with van der Waals surface area (Å²) < 4.78 is 24.9. The van der Waals surface area contributed by atoms with Crippen molar-refractivity contribution in [3.63, 3.8) is 0 Å². The highest BCUT2D eigenvalue weighted by Crippen LogP contribution is 2.31. The molecule has 0 aromatic heterocycles. The number of rotatable bonds is 7. The van der Waals surface area contributed by atoms with Crippen molar-refractivity contribution in [3.05, 3.63) is 24.3 Å². The molecule has 0 saturated heterocycles. The predicted molar refractivity (Wildman–Crippen MR) is 90.0 cm³/mol. The van der Waals surface area contributed by atoms with E-state index in [1.54, 1.807) is 26.0 Å². The molecule has 2 amide bonds. The molecule has 4 N–H and O–H groups in total. The Labute approximate surface area is 144 Å². The molecule has 0 bridgehead atoms. The van der Waals surface area contributed by atoms with Gasteiger partial charge in [0.2, 0.25) is 11.8 Å². The molecule has 0 fully saturated rings. The number of amides is 2. The van der Waals surface area contributed by atoms with Crippen molar-refractivity contribution in [3.8, 4) is 0 Å². The molecule has 0 aliphatic heterocycles. The molecule has 1 aromatic rings. The maximum atomic E-state index is 12.4. The molecule has 23 heavy (non-hydrogen) atoms. The second kappa shape index (κ2) is 10.4. The molecule has 1 aromatic carbocycles. The molecule has 1 rings (SSSR count). The maximum absolute atomic E-state index is 12.4. The van der Waals surface area contributed by atoms with E-state index in [1.807, 2.05) is 0 Å². The summed E-state index contributed by atoms with van der Waals surface area (Å²) in [5, 5.41) is 4.90. The number of para-hydroxylation sites is 1. The number of hydrogen-bond acceptors (Lipinski definition) is 4. The van der Waals surface area contributed by atoms with Gasteiger partial charge >= 0.3 is 0 Å². The zero-order valence-electron chi connectivity index (χ0n) is 12.7. The fourth-order valence-electron chi connectivity index (χ4n) is 1.55. The van der Waals surface area contributed by atoms with Crippen molar-refractivity contribution in [2.45, 2.75) is 30.5 Å². The van der Waals surface area contributed by atoms with Gasteiger partial charge in [-0.15, -0.1) is 12.4 Å². The van der Waals surface area contributed by atoms with Crippen molar-refractivity contribution in [2.75, 3.05) is 11.9 Å². The van der Waals surface area contributed by atoms with Crippen LogP contribution in [0.3, 0.4) is 0 Å². The number of nitrogens with two attached hydrogens (primary N) is 1. The average Bonchev–Trinajstić information content (AvgIpc) is 2.45. The molecule has 9 heteroatoms. The third-order valence-electron chi connectivity index (χ3n) is 2.82. The van der Waals surface area contributed by atoms with Gasteiger partial charge in [0.15, 0.2) is 0 Å². The lowest BCUT2D eigenvalue weighted by Crippen LogP contribution is -2.46.